The molecule has 4 rings (SSSR count). The molecule has 28 heavy (non-hydrogen) atoms. The van der Waals surface area contributed by atoms with Crippen LogP contribution >= 0.6 is 0 Å². The van der Waals surface area contributed by atoms with Gasteiger partial charge in [-0.25, -0.2) is 0 Å². The summed E-state index contributed by atoms with van der Waals surface area (Å²) in [6, 6.07) is 20.2. The maximum atomic E-state index is 6.06. The minimum Gasteiger partial charge on any atom is -0.378 e. The molecule has 6 nitrogen and oxygen atoms in total. The molecule has 0 amide bonds. The highest BCUT2D eigenvalue weighted by Gasteiger charge is 2.14. The van der Waals surface area contributed by atoms with Crippen LogP contribution in [0.5, 0.6) is 0 Å². The summed E-state index contributed by atoms with van der Waals surface area (Å²) in [5.41, 5.74) is 10.8. The van der Waals surface area contributed by atoms with Gasteiger partial charge in [0.25, 0.3) is 5.88 Å². The van der Waals surface area contributed by atoms with E-state index in [0.29, 0.717) is 30.8 Å². The molecule has 0 unspecified atom stereocenters. The molecular formula is C22H22N4O2. The van der Waals surface area contributed by atoms with Gasteiger partial charge in [-0.3, -0.25) is 0 Å². The average molecular weight is 374 g/mol. The molecule has 1 aliphatic rings. The molecule has 2 N–H and O–H groups in total. The summed E-state index contributed by atoms with van der Waals surface area (Å²) in [6.07, 6.45) is 0. The first-order valence-corrected chi connectivity index (χ1v) is 9.19. The summed E-state index contributed by atoms with van der Waals surface area (Å²) in [5.74, 6) is 0.768. The van der Waals surface area contributed by atoms with Crippen LogP contribution in [0.4, 0.5) is 5.88 Å². The Hall–Kier alpha value is -3.38. The number of aromatic nitrogens is 1. The van der Waals surface area contributed by atoms with Gasteiger partial charge in [0.2, 0.25) is 0 Å². The number of guanidine groups is 1. The van der Waals surface area contributed by atoms with E-state index in [1.165, 1.54) is 5.56 Å². The maximum Gasteiger partial charge on any atom is 0.254 e. The van der Waals surface area contributed by atoms with E-state index in [1.54, 1.807) is 6.07 Å². The Kier molecular flexibility index (Phi) is 5.21. The van der Waals surface area contributed by atoms with Crippen molar-refractivity contribution in [3.05, 3.63) is 78.5 Å². The molecule has 0 radical (unpaired) electrons. The van der Waals surface area contributed by atoms with Gasteiger partial charge in [0.1, 0.15) is 5.69 Å². The van der Waals surface area contributed by atoms with Crippen molar-refractivity contribution >= 4 is 17.4 Å². The third-order valence-corrected chi connectivity index (χ3v) is 4.71. The van der Waals surface area contributed by atoms with Crippen LogP contribution in [0, 0.1) is 0 Å². The number of hydrogen-bond donors (Lipinski definition) is 1. The lowest BCUT2D eigenvalue weighted by Crippen LogP contribution is -2.44. The van der Waals surface area contributed by atoms with Gasteiger partial charge in [-0.1, -0.05) is 66.3 Å². The van der Waals surface area contributed by atoms with Gasteiger partial charge in [-0.2, -0.15) is 4.99 Å². The number of hydrogen-bond acceptors (Lipinski definition) is 4. The van der Waals surface area contributed by atoms with E-state index in [1.807, 2.05) is 35.2 Å². The summed E-state index contributed by atoms with van der Waals surface area (Å²) in [5, 5.41) is 4.09. The van der Waals surface area contributed by atoms with Crippen LogP contribution in [0.2, 0.25) is 0 Å². The Bertz CT molecular complexity index is 971. The molecule has 0 aliphatic carbocycles. The van der Waals surface area contributed by atoms with Gasteiger partial charge in [0.15, 0.2) is 5.96 Å². The molecule has 2 aromatic carbocycles. The molecule has 1 saturated heterocycles. The van der Waals surface area contributed by atoms with Crippen molar-refractivity contribution in [1.82, 2.24) is 10.1 Å². The van der Waals surface area contributed by atoms with Crippen molar-refractivity contribution < 1.29 is 9.26 Å². The van der Waals surface area contributed by atoms with Crippen molar-refractivity contribution in [3.63, 3.8) is 0 Å². The van der Waals surface area contributed by atoms with Crippen LogP contribution in [0.25, 0.3) is 16.7 Å². The first-order valence-electron chi connectivity index (χ1n) is 9.19. The largest absolute Gasteiger partial charge is 0.378 e. The fourth-order valence-corrected chi connectivity index (χ4v) is 3.08. The molecule has 0 spiro atoms. The molecule has 142 valence electrons. The van der Waals surface area contributed by atoms with Crippen molar-refractivity contribution in [2.75, 3.05) is 26.3 Å². The topological polar surface area (TPSA) is 76.9 Å². The molecule has 0 saturated carbocycles. The van der Waals surface area contributed by atoms with Gasteiger partial charge < -0.3 is 19.9 Å². The predicted molar refractivity (Wildman–Crippen MR) is 110 cm³/mol. The summed E-state index contributed by atoms with van der Waals surface area (Å²) in [7, 11) is 0. The van der Waals surface area contributed by atoms with Crippen LogP contribution in [-0.4, -0.2) is 42.3 Å². The third kappa shape index (κ3) is 3.97. The second-order valence-electron chi connectivity index (χ2n) is 6.54. The van der Waals surface area contributed by atoms with E-state index >= 15 is 0 Å². The molecule has 1 aliphatic heterocycles. The summed E-state index contributed by atoms with van der Waals surface area (Å²) in [4.78, 5) is 6.29. The van der Waals surface area contributed by atoms with E-state index in [9.17, 15) is 0 Å². The highest BCUT2D eigenvalue weighted by atomic mass is 16.5. The van der Waals surface area contributed by atoms with Crippen LogP contribution in [0.15, 0.2) is 76.8 Å². The van der Waals surface area contributed by atoms with Crippen molar-refractivity contribution in [2.24, 2.45) is 10.7 Å². The highest BCUT2D eigenvalue weighted by Crippen LogP contribution is 2.27. The van der Waals surface area contributed by atoms with Crippen LogP contribution in [0.1, 0.15) is 11.3 Å². The number of ether oxygens (including phenoxy) is 1. The standard InChI is InChI=1S/C22H22N4O2/c1-16(17-7-9-19(10-8-17)18-5-3-2-4-6-18)20-15-21(28-25-20)24-22(23)26-11-13-27-14-12-26/h2-10,15H,1,11-14H2,(H2,23,24). The van der Waals surface area contributed by atoms with Gasteiger partial charge in [0, 0.05) is 24.7 Å². The predicted octanol–water partition coefficient (Wildman–Crippen LogP) is 3.68. The lowest BCUT2D eigenvalue weighted by Gasteiger charge is -2.27. The molecule has 2 heterocycles. The quantitative estimate of drug-likeness (QED) is 0.557. The van der Waals surface area contributed by atoms with Crippen molar-refractivity contribution in [1.29, 1.82) is 0 Å². The number of morpholine rings is 1. The normalized spacial score (nSPS) is 14.9. The molecule has 0 bridgehead atoms. The number of nitrogens with zero attached hydrogens (tertiary/aromatic N) is 3. The zero-order valence-electron chi connectivity index (χ0n) is 15.5. The Morgan fingerprint density at radius 1 is 1.00 bits per heavy atom. The summed E-state index contributed by atoms with van der Waals surface area (Å²) >= 11 is 0. The van der Waals surface area contributed by atoms with Gasteiger partial charge in [0.05, 0.1) is 13.2 Å². The minimum absolute atomic E-state index is 0.362. The Morgan fingerprint density at radius 2 is 1.68 bits per heavy atom. The molecule has 6 heteroatoms. The summed E-state index contributed by atoms with van der Waals surface area (Å²) in [6.45, 7) is 6.88. The molecule has 0 atom stereocenters. The zero-order chi connectivity index (χ0) is 19.3. The maximum absolute atomic E-state index is 6.06. The average Bonchev–Trinajstić information content (AvgIpc) is 3.23. The van der Waals surface area contributed by atoms with E-state index in [-0.39, 0.29) is 0 Å². The fourth-order valence-electron chi connectivity index (χ4n) is 3.08. The Morgan fingerprint density at radius 3 is 2.39 bits per heavy atom. The third-order valence-electron chi connectivity index (χ3n) is 4.71. The fraction of sp³-hybridized carbons (Fsp3) is 0.182. The van der Waals surface area contributed by atoms with E-state index in [0.717, 1.165) is 29.8 Å². The number of rotatable bonds is 4. The second-order valence-corrected chi connectivity index (χ2v) is 6.54. The number of benzene rings is 2. The van der Waals surface area contributed by atoms with Crippen LogP contribution < -0.4 is 5.73 Å². The Balaban J connectivity index is 1.48. The molecule has 3 aromatic rings. The minimum atomic E-state index is 0.362. The molecule has 1 aromatic heterocycles. The highest BCUT2D eigenvalue weighted by molar-refractivity contribution is 5.82. The zero-order valence-corrected chi connectivity index (χ0v) is 15.5. The van der Waals surface area contributed by atoms with E-state index < -0.39 is 0 Å². The first-order chi connectivity index (χ1) is 13.7. The Labute approximate surface area is 163 Å². The lowest BCUT2D eigenvalue weighted by atomic mass is 10.00. The molecule has 1 fully saturated rings. The van der Waals surface area contributed by atoms with E-state index in [2.05, 4.69) is 41.0 Å². The van der Waals surface area contributed by atoms with Crippen molar-refractivity contribution in [3.8, 4) is 11.1 Å². The van der Waals surface area contributed by atoms with E-state index in [4.69, 9.17) is 15.0 Å². The van der Waals surface area contributed by atoms with Crippen LogP contribution in [-0.2, 0) is 4.74 Å². The van der Waals surface area contributed by atoms with Crippen LogP contribution in [0.3, 0.4) is 0 Å². The van der Waals surface area contributed by atoms with Crippen molar-refractivity contribution in [2.45, 2.75) is 0 Å². The number of aliphatic imine (C=N–C) groups is 1. The smallest absolute Gasteiger partial charge is 0.254 e. The second kappa shape index (κ2) is 8.10. The lowest BCUT2D eigenvalue weighted by molar-refractivity contribution is 0.0675. The van der Waals surface area contributed by atoms with Gasteiger partial charge in [-0.15, -0.1) is 0 Å². The number of nitrogens with two attached hydrogens (primary N) is 1. The van der Waals surface area contributed by atoms with Gasteiger partial charge in [-0.05, 0) is 16.7 Å². The SMILES string of the molecule is C=C(c1ccc(-c2ccccc2)cc1)c1cc(/N=C(/N)N2CCOCC2)on1. The van der Waals surface area contributed by atoms with Gasteiger partial charge >= 0.3 is 0 Å². The summed E-state index contributed by atoms with van der Waals surface area (Å²) < 4.78 is 10.6. The molecular weight excluding hydrogens is 352 g/mol. The monoisotopic (exact) mass is 374 g/mol. The first kappa shape index (κ1) is 18.0.